The van der Waals surface area contributed by atoms with E-state index in [1.54, 1.807) is 24.3 Å². The number of benzene rings is 2. The molecule has 0 saturated carbocycles. The molecule has 0 bridgehead atoms. The van der Waals surface area contributed by atoms with Gasteiger partial charge in [-0.25, -0.2) is 0 Å². The van der Waals surface area contributed by atoms with Crippen molar-refractivity contribution in [3.8, 4) is 5.69 Å². The second kappa shape index (κ2) is 7.05. The van der Waals surface area contributed by atoms with Crippen LogP contribution in [0.2, 0.25) is 0 Å². The molecule has 1 heterocycles. The molecule has 5 heteroatoms. The molecule has 2 amide bonds. The van der Waals surface area contributed by atoms with Crippen molar-refractivity contribution in [1.82, 2.24) is 15.4 Å². The monoisotopic (exact) mass is 333 g/mol. The summed E-state index contributed by atoms with van der Waals surface area (Å²) < 4.78 is 2.01. The van der Waals surface area contributed by atoms with Gasteiger partial charge in [-0.05, 0) is 44.2 Å². The number of nitrogens with zero attached hydrogens (tertiary/aromatic N) is 1. The predicted octanol–water partition coefficient (Wildman–Crippen LogP) is 3.17. The smallest absolute Gasteiger partial charge is 0.271 e. The first-order valence-corrected chi connectivity index (χ1v) is 7.98. The Morgan fingerprint density at radius 3 is 2.00 bits per heavy atom. The number of hydrazine groups is 1. The molecule has 1 aromatic heterocycles. The van der Waals surface area contributed by atoms with Gasteiger partial charge >= 0.3 is 0 Å². The van der Waals surface area contributed by atoms with Crippen LogP contribution in [-0.2, 0) is 0 Å². The van der Waals surface area contributed by atoms with Crippen LogP contribution in [0.4, 0.5) is 0 Å². The zero-order chi connectivity index (χ0) is 17.8. The van der Waals surface area contributed by atoms with E-state index >= 15 is 0 Å². The Labute approximate surface area is 146 Å². The highest BCUT2D eigenvalue weighted by Gasteiger charge is 2.17. The van der Waals surface area contributed by atoms with E-state index in [0.717, 1.165) is 17.1 Å². The third-order valence-electron chi connectivity index (χ3n) is 4.02. The predicted molar refractivity (Wildman–Crippen MR) is 96.6 cm³/mol. The summed E-state index contributed by atoms with van der Waals surface area (Å²) in [5.74, 6) is -0.703. The maximum Gasteiger partial charge on any atom is 0.271 e. The average molecular weight is 333 g/mol. The van der Waals surface area contributed by atoms with E-state index in [0.29, 0.717) is 11.1 Å². The minimum Gasteiger partial charge on any atom is -0.318 e. The van der Waals surface area contributed by atoms with Crippen LogP contribution in [0.5, 0.6) is 0 Å². The fourth-order valence-electron chi connectivity index (χ4n) is 2.81. The number of nitrogens with one attached hydrogen (secondary N) is 2. The van der Waals surface area contributed by atoms with Crippen LogP contribution in [0, 0.1) is 13.8 Å². The van der Waals surface area contributed by atoms with E-state index in [1.807, 2.05) is 60.9 Å². The minimum absolute atomic E-state index is 0.348. The van der Waals surface area contributed by atoms with E-state index in [9.17, 15) is 9.59 Å². The summed E-state index contributed by atoms with van der Waals surface area (Å²) in [7, 11) is 0. The van der Waals surface area contributed by atoms with Crippen molar-refractivity contribution < 1.29 is 9.59 Å². The van der Waals surface area contributed by atoms with Gasteiger partial charge < -0.3 is 4.57 Å². The number of hydrogen-bond acceptors (Lipinski definition) is 2. The van der Waals surface area contributed by atoms with E-state index in [1.165, 1.54) is 0 Å². The number of aromatic nitrogens is 1. The lowest BCUT2D eigenvalue weighted by Crippen LogP contribution is -2.41. The fraction of sp³-hybridized carbons (Fsp3) is 0.100. The SMILES string of the molecule is Cc1cc(C(=O)NNC(=O)c2ccccc2)c(C)n1-c1ccccc1. The number of aryl methyl sites for hydroxylation is 1. The molecule has 5 nitrogen and oxygen atoms in total. The van der Waals surface area contributed by atoms with Gasteiger partial charge in [0.15, 0.2) is 0 Å². The van der Waals surface area contributed by atoms with E-state index < -0.39 is 0 Å². The summed E-state index contributed by atoms with van der Waals surface area (Å²) >= 11 is 0. The summed E-state index contributed by atoms with van der Waals surface area (Å²) in [5.41, 5.74) is 8.68. The van der Waals surface area contributed by atoms with Gasteiger partial charge in [0.1, 0.15) is 0 Å². The molecule has 25 heavy (non-hydrogen) atoms. The van der Waals surface area contributed by atoms with Crippen molar-refractivity contribution in [2.24, 2.45) is 0 Å². The van der Waals surface area contributed by atoms with Gasteiger partial charge in [0.25, 0.3) is 11.8 Å². The number of hydrogen-bond donors (Lipinski definition) is 2. The molecular formula is C20H19N3O2. The first-order chi connectivity index (χ1) is 12.1. The zero-order valence-corrected chi connectivity index (χ0v) is 14.1. The Balaban J connectivity index is 1.76. The second-order valence-electron chi connectivity index (χ2n) is 5.73. The molecule has 0 aliphatic heterocycles. The van der Waals surface area contributed by atoms with Crippen molar-refractivity contribution in [2.45, 2.75) is 13.8 Å². The van der Waals surface area contributed by atoms with Crippen molar-refractivity contribution >= 4 is 11.8 Å². The summed E-state index contributed by atoms with van der Waals surface area (Å²) in [6.45, 7) is 3.83. The Kier molecular flexibility index (Phi) is 4.66. The van der Waals surface area contributed by atoms with Gasteiger partial charge in [0.2, 0.25) is 0 Å². The van der Waals surface area contributed by atoms with Crippen molar-refractivity contribution in [3.05, 3.63) is 89.2 Å². The van der Waals surface area contributed by atoms with Crippen molar-refractivity contribution in [3.63, 3.8) is 0 Å². The largest absolute Gasteiger partial charge is 0.318 e. The highest BCUT2D eigenvalue weighted by atomic mass is 16.2. The Hall–Kier alpha value is -3.34. The second-order valence-corrected chi connectivity index (χ2v) is 5.73. The highest BCUT2D eigenvalue weighted by Crippen LogP contribution is 2.20. The maximum absolute atomic E-state index is 12.5. The number of carbonyl (C=O) groups is 2. The Bertz CT molecular complexity index is 899. The molecule has 2 aromatic carbocycles. The molecule has 0 unspecified atom stereocenters. The topological polar surface area (TPSA) is 63.1 Å². The van der Waals surface area contributed by atoms with Crippen LogP contribution in [0.15, 0.2) is 66.7 Å². The number of carbonyl (C=O) groups excluding carboxylic acids is 2. The van der Waals surface area contributed by atoms with Crippen LogP contribution in [0.25, 0.3) is 5.69 Å². The molecule has 0 aliphatic carbocycles. The maximum atomic E-state index is 12.5. The molecule has 126 valence electrons. The first kappa shape index (κ1) is 16.5. The molecule has 0 radical (unpaired) electrons. The summed E-state index contributed by atoms with van der Waals surface area (Å²) in [6.07, 6.45) is 0. The van der Waals surface area contributed by atoms with Gasteiger partial charge in [0.05, 0.1) is 5.56 Å². The molecule has 0 aliphatic rings. The zero-order valence-electron chi connectivity index (χ0n) is 14.1. The lowest BCUT2D eigenvalue weighted by Gasteiger charge is -2.10. The lowest BCUT2D eigenvalue weighted by atomic mass is 10.2. The average Bonchev–Trinajstić information content (AvgIpc) is 2.95. The first-order valence-electron chi connectivity index (χ1n) is 7.98. The van der Waals surface area contributed by atoms with Crippen LogP contribution in [0.3, 0.4) is 0 Å². The van der Waals surface area contributed by atoms with Crippen molar-refractivity contribution in [2.75, 3.05) is 0 Å². The number of para-hydroxylation sites is 1. The van der Waals surface area contributed by atoms with Crippen LogP contribution in [-0.4, -0.2) is 16.4 Å². The quantitative estimate of drug-likeness (QED) is 0.723. The molecule has 2 N–H and O–H groups in total. The minimum atomic E-state index is -0.356. The van der Waals surface area contributed by atoms with Crippen LogP contribution in [0.1, 0.15) is 32.1 Å². The molecule has 3 rings (SSSR count). The van der Waals surface area contributed by atoms with Gasteiger partial charge in [-0.3, -0.25) is 20.4 Å². The number of amides is 2. The van der Waals surface area contributed by atoms with E-state index in [4.69, 9.17) is 0 Å². The fourth-order valence-corrected chi connectivity index (χ4v) is 2.81. The van der Waals surface area contributed by atoms with Crippen molar-refractivity contribution in [1.29, 1.82) is 0 Å². The van der Waals surface area contributed by atoms with Crippen LogP contribution < -0.4 is 10.9 Å². The summed E-state index contributed by atoms with van der Waals surface area (Å²) in [6, 6.07) is 20.4. The van der Waals surface area contributed by atoms with Gasteiger partial charge in [-0.15, -0.1) is 0 Å². The standard InChI is InChI=1S/C20H19N3O2/c1-14-13-18(15(2)23(14)17-11-7-4-8-12-17)20(25)22-21-19(24)16-9-5-3-6-10-16/h3-13H,1-2H3,(H,21,24)(H,22,25). The molecule has 0 saturated heterocycles. The Morgan fingerprint density at radius 2 is 1.36 bits per heavy atom. The third kappa shape index (κ3) is 3.45. The van der Waals surface area contributed by atoms with Gasteiger partial charge in [0, 0.05) is 22.6 Å². The lowest BCUT2D eigenvalue weighted by molar-refractivity contribution is 0.0846. The van der Waals surface area contributed by atoms with E-state index in [2.05, 4.69) is 10.9 Å². The molecular weight excluding hydrogens is 314 g/mol. The molecule has 0 fully saturated rings. The Morgan fingerprint density at radius 1 is 0.800 bits per heavy atom. The third-order valence-corrected chi connectivity index (χ3v) is 4.02. The summed E-state index contributed by atoms with van der Waals surface area (Å²) in [5, 5.41) is 0. The molecule has 3 aromatic rings. The normalized spacial score (nSPS) is 10.3. The molecule has 0 spiro atoms. The summed E-state index contributed by atoms with van der Waals surface area (Å²) in [4.78, 5) is 24.5. The number of rotatable bonds is 3. The van der Waals surface area contributed by atoms with Crippen LogP contribution >= 0.6 is 0 Å². The van der Waals surface area contributed by atoms with E-state index in [-0.39, 0.29) is 11.8 Å². The highest BCUT2D eigenvalue weighted by molar-refractivity contribution is 5.99. The molecule has 0 atom stereocenters. The van der Waals surface area contributed by atoms with Gasteiger partial charge in [-0.1, -0.05) is 36.4 Å². The van der Waals surface area contributed by atoms with Gasteiger partial charge in [-0.2, -0.15) is 0 Å².